The Morgan fingerprint density at radius 2 is 2.00 bits per heavy atom. The molecule has 2 nitrogen and oxygen atoms in total. The first-order valence-electron chi connectivity index (χ1n) is 6.59. The summed E-state index contributed by atoms with van der Waals surface area (Å²) in [5.41, 5.74) is 0.966. The molecular formula is C16H14BrF2NOS. The number of nitrogens with one attached hydrogen (secondary N) is 1. The average molecular weight is 386 g/mol. The monoisotopic (exact) mass is 385 g/mol. The summed E-state index contributed by atoms with van der Waals surface area (Å²) in [6.07, 6.45) is 0. The van der Waals surface area contributed by atoms with Crippen LogP contribution in [0.1, 0.15) is 18.5 Å². The first kappa shape index (κ1) is 17.0. The maximum absolute atomic E-state index is 13.5. The van der Waals surface area contributed by atoms with Crippen LogP contribution in [0.2, 0.25) is 0 Å². The highest BCUT2D eigenvalue weighted by Gasteiger charge is 2.13. The third-order valence-electron chi connectivity index (χ3n) is 3.00. The molecule has 0 heterocycles. The normalized spacial score (nSPS) is 12.0. The topological polar surface area (TPSA) is 29.1 Å². The lowest BCUT2D eigenvalue weighted by Gasteiger charge is -2.15. The fourth-order valence-corrected chi connectivity index (χ4v) is 3.28. The van der Waals surface area contributed by atoms with Crippen LogP contribution in [0.4, 0.5) is 8.78 Å². The zero-order valence-electron chi connectivity index (χ0n) is 11.8. The van der Waals surface area contributed by atoms with Gasteiger partial charge in [0, 0.05) is 15.4 Å². The maximum atomic E-state index is 13.5. The molecule has 0 aliphatic rings. The molecule has 116 valence electrons. The van der Waals surface area contributed by atoms with E-state index in [0.29, 0.717) is 0 Å². The molecule has 2 aromatic carbocycles. The van der Waals surface area contributed by atoms with Crippen LogP contribution in [0.25, 0.3) is 0 Å². The lowest BCUT2D eigenvalue weighted by molar-refractivity contribution is -0.119. The van der Waals surface area contributed by atoms with Crippen molar-refractivity contribution in [2.24, 2.45) is 0 Å². The van der Waals surface area contributed by atoms with Gasteiger partial charge in [-0.25, -0.2) is 8.78 Å². The summed E-state index contributed by atoms with van der Waals surface area (Å²) in [5.74, 6) is -1.43. The SMILES string of the molecule is CC(NC(=O)CSc1ccc(F)cc1F)c1ccccc1Br. The number of thioether (sulfide) groups is 1. The quantitative estimate of drug-likeness (QED) is 0.755. The highest BCUT2D eigenvalue weighted by atomic mass is 79.9. The Morgan fingerprint density at radius 1 is 1.27 bits per heavy atom. The molecule has 2 rings (SSSR count). The third kappa shape index (κ3) is 4.55. The van der Waals surface area contributed by atoms with Crippen LogP contribution in [0, 0.1) is 11.6 Å². The van der Waals surface area contributed by atoms with Crippen molar-refractivity contribution in [1.82, 2.24) is 5.32 Å². The van der Waals surface area contributed by atoms with Crippen molar-refractivity contribution < 1.29 is 13.6 Å². The van der Waals surface area contributed by atoms with E-state index >= 15 is 0 Å². The summed E-state index contributed by atoms with van der Waals surface area (Å²) >= 11 is 4.48. The predicted molar refractivity (Wildman–Crippen MR) is 87.8 cm³/mol. The van der Waals surface area contributed by atoms with Crippen LogP contribution in [0.3, 0.4) is 0 Å². The average Bonchev–Trinajstić information content (AvgIpc) is 2.46. The van der Waals surface area contributed by atoms with E-state index in [1.807, 2.05) is 31.2 Å². The molecule has 22 heavy (non-hydrogen) atoms. The molecule has 0 aromatic heterocycles. The Labute approximate surface area is 140 Å². The van der Waals surface area contributed by atoms with Gasteiger partial charge in [0.1, 0.15) is 11.6 Å². The van der Waals surface area contributed by atoms with Crippen LogP contribution < -0.4 is 5.32 Å². The minimum absolute atomic E-state index is 0.0668. The van der Waals surface area contributed by atoms with Crippen molar-refractivity contribution in [3.63, 3.8) is 0 Å². The number of hydrogen-bond donors (Lipinski definition) is 1. The van der Waals surface area contributed by atoms with Crippen LogP contribution >= 0.6 is 27.7 Å². The molecule has 1 unspecified atom stereocenters. The van der Waals surface area contributed by atoms with Crippen molar-refractivity contribution in [2.45, 2.75) is 17.9 Å². The first-order valence-corrected chi connectivity index (χ1v) is 8.37. The standard InChI is InChI=1S/C16H14BrF2NOS/c1-10(12-4-2-3-5-13(12)17)20-16(21)9-22-15-7-6-11(18)8-14(15)19/h2-8,10H,9H2,1H3,(H,20,21). The second kappa shape index (κ2) is 7.74. The third-order valence-corrected chi connectivity index (χ3v) is 4.77. The van der Waals surface area contributed by atoms with Crippen molar-refractivity contribution in [3.05, 3.63) is 64.1 Å². The van der Waals surface area contributed by atoms with Crippen molar-refractivity contribution >= 4 is 33.6 Å². The fourth-order valence-electron chi connectivity index (χ4n) is 1.92. The van der Waals surface area contributed by atoms with Gasteiger partial charge in [-0.05, 0) is 30.7 Å². The second-order valence-corrected chi connectivity index (χ2v) is 6.55. The Balaban J connectivity index is 1.92. The van der Waals surface area contributed by atoms with Gasteiger partial charge < -0.3 is 5.32 Å². The Bertz CT molecular complexity index is 681. The van der Waals surface area contributed by atoms with E-state index in [9.17, 15) is 13.6 Å². The number of rotatable bonds is 5. The van der Waals surface area contributed by atoms with Gasteiger partial charge in [0.2, 0.25) is 5.91 Å². The van der Waals surface area contributed by atoms with Crippen LogP contribution in [0.15, 0.2) is 51.8 Å². The van der Waals surface area contributed by atoms with Gasteiger partial charge in [-0.2, -0.15) is 0 Å². The summed E-state index contributed by atoms with van der Waals surface area (Å²) in [7, 11) is 0. The number of hydrogen-bond acceptors (Lipinski definition) is 2. The molecule has 1 N–H and O–H groups in total. The summed E-state index contributed by atoms with van der Waals surface area (Å²) in [6.45, 7) is 1.88. The molecule has 0 radical (unpaired) electrons. The zero-order valence-corrected chi connectivity index (χ0v) is 14.2. The summed E-state index contributed by atoms with van der Waals surface area (Å²) in [4.78, 5) is 12.2. The minimum Gasteiger partial charge on any atom is -0.349 e. The summed E-state index contributed by atoms with van der Waals surface area (Å²) in [6, 6.07) is 10.8. The maximum Gasteiger partial charge on any atom is 0.230 e. The molecular weight excluding hydrogens is 372 g/mol. The van der Waals surface area contributed by atoms with Crippen LogP contribution in [-0.4, -0.2) is 11.7 Å². The van der Waals surface area contributed by atoms with Crippen LogP contribution in [0.5, 0.6) is 0 Å². The van der Waals surface area contributed by atoms with Crippen molar-refractivity contribution in [2.75, 3.05) is 5.75 Å². The Kier molecular flexibility index (Phi) is 5.97. The van der Waals surface area contributed by atoms with E-state index in [-0.39, 0.29) is 22.6 Å². The molecule has 1 amide bonds. The molecule has 0 spiro atoms. The van der Waals surface area contributed by atoms with E-state index in [1.165, 1.54) is 12.1 Å². The fraction of sp³-hybridized carbons (Fsp3) is 0.188. The molecule has 0 saturated heterocycles. The molecule has 0 fully saturated rings. The molecule has 0 saturated carbocycles. The van der Waals surface area contributed by atoms with Gasteiger partial charge in [-0.1, -0.05) is 34.1 Å². The second-order valence-electron chi connectivity index (χ2n) is 4.67. The van der Waals surface area contributed by atoms with Gasteiger partial charge in [0.25, 0.3) is 0 Å². The van der Waals surface area contributed by atoms with E-state index in [2.05, 4.69) is 21.2 Å². The van der Waals surface area contributed by atoms with Crippen LogP contribution in [-0.2, 0) is 4.79 Å². The summed E-state index contributed by atoms with van der Waals surface area (Å²) < 4.78 is 27.2. The van der Waals surface area contributed by atoms with Gasteiger partial charge in [0.05, 0.1) is 11.8 Å². The molecule has 6 heteroatoms. The first-order chi connectivity index (χ1) is 10.5. The van der Waals surface area contributed by atoms with Gasteiger partial charge in [0.15, 0.2) is 0 Å². The number of benzene rings is 2. The summed E-state index contributed by atoms with van der Waals surface area (Å²) in [5, 5.41) is 2.85. The zero-order chi connectivity index (χ0) is 16.1. The van der Waals surface area contributed by atoms with E-state index in [1.54, 1.807) is 0 Å². The van der Waals surface area contributed by atoms with E-state index < -0.39 is 11.6 Å². The molecule has 0 bridgehead atoms. The lowest BCUT2D eigenvalue weighted by atomic mass is 10.1. The van der Waals surface area contributed by atoms with Crippen molar-refractivity contribution in [3.8, 4) is 0 Å². The number of carbonyl (C=O) groups is 1. The number of amides is 1. The van der Waals surface area contributed by atoms with E-state index in [0.717, 1.165) is 27.9 Å². The predicted octanol–water partition coefficient (Wildman–Crippen LogP) is 4.70. The molecule has 2 aromatic rings. The van der Waals surface area contributed by atoms with Gasteiger partial charge >= 0.3 is 0 Å². The van der Waals surface area contributed by atoms with Gasteiger partial charge in [-0.15, -0.1) is 11.8 Å². The Hall–Kier alpha value is -1.40. The number of carbonyl (C=O) groups excluding carboxylic acids is 1. The molecule has 0 aliphatic heterocycles. The highest BCUT2D eigenvalue weighted by Crippen LogP contribution is 2.24. The minimum atomic E-state index is -0.656. The van der Waals surface area contributed by atoms with E-state index in [4.69, 9.17) is 0 Å². The number of halogens is 3. The van der Waals surface area contributed by atoms with Crippen molar-refractivity contribution in [1.29, 1.82) is 0 Å². The Morgan fingerprint density at radius 3 is 2.68 bits per heavy atom. The lowest BCUT2D eigenvalue weighted by Crippen LogP contribution is -2.28. The largest absolute Gasteiger partial charge is 0.349 e. The van der Waals surface area contributed by atoms with Gasteiger partial charge in [-0.3, -0.25) is 4.79 Å². The molecule has 1 atom stereocenters. The molecule has 0 aliphatic carbocycles. The highest BCUT2D eigenvalue weighted by molar-refractivity contribution is 9.10. The smallest absolute Gasteiger partial charge is 0.230 e.